The number of nitriles is 1. The molecule has 1 aliphatic heterocycles. The molecule has 1 saturated heterocycles. The number of thioether (sulfide) groups is 1. The average molecular weight is 477 g/mol. The predicted octanol–water partition coefficient (Wildman–Crippen LogP) is 3.76. The summed E-state index contributed by atoms with van der Waals surface area (Å²) in [5, 5.41) is 20.9. The molecule has 2 N–H and O–H groups in total. The Morgan fingerprint density at radius 2 is 2.09 bits per heavy atom. The fourth-order valence-electron chi connectivity index (χ4n) is 3.40. The lowest BCUT2D eigenvalue weighted by molar-refractivity contribution is -0.141. The number of aliphatic carboxylic acids is 1. The third-order valence-corrected chi connectivity index (χ3v) is 6.62. The molecule has 0 aromatic heterocycles. The minimum atomic E-state index is -1.16. The number of carboxylic acid groups (broad SMARTS) is 1. The van der Waals surface area contributed by atoms with Crippen LogP contribution in [-0.2, 0) is 14.3 Å². The number of rotatable bonds is 9. The Balaban J connectivity index is 1.95. The lowest BCUT2D eigenvalue weighted by Gasteiger charge is -2.25. The number of carbonyl (C=O) groups is 3. The van der Waals surface area contributed by atoms with Gasteiger partial charge in [-0.3, -0.25) is 14.5 Å². The van der Waals surface area contributed by atoms with E-state index in [4.69, 9.17) is 15.1 Å². The Bertz CT molecular complexity index is 911. The van der Waals surface area contributed by atoms with E-state index in [1.807, 2.05) is 52.0 Å². The zero-order valence-electron chi connectivity index (χ0n) is 19.7. The van der Waals surface area contributed by atoms with Crippen LogP contribution in [-0.4, -0.2) is 64.3 Å². The first-order valence-corrected chi connectivity index (χ1v) is 11.8. The van der Waals surface area contributed by atoms with E-state index in [-0.39, 0.29) is 23.0 Å². The smallest absolute Gasteiger partial charge is 0.414 e. The van der Waals surface area contributed by atoms with E-state index in [2.05, 4.69) is 5.32 Å². The number of nitrogens with one attached hydrogen (secondary N) is 1. The van der Waals surface area contributed by atoms with Gasteiger partial charge in [-0.05, 0) is 52.3 Å². The zero-order valence-corrected chi connectivity index (χ0v) is 20.5. The highest BCUT2D eigenvalue weighted by molar-refractivity contribution is 8.01. The van der Waals surface area contributed by atoms with E-state index < -0.39 is 23.6 Å². The number of benzene rings is 1. The van der Waals surface area contributed by atoms with Gasteiger partial charge in [0.1, 0.15) is 11.5 Å². The molecule has 3 atom stereocenters. The van der Waals surface area contributed by atoms with Crippen LogP contribution in [0.1, 0.15) is 40.5 Å². The summed E-state index contributed by atoms with van der Waals surface area (Å²) in [5.41, 5.74) is 0.890. The molecule has 1 fully saturated rings. The standard InChI is InChI=1S/C23H32N4O5S/c1-6-27-19(12-15(14-24)21(29)30)33-18(20(27)28)10-11-25-16-8-7-9-17(13-16)26(5)22(31)32-23(2,3)4/h7-9,13,15,18-19,25H,6,10-12H2,1-5H3,(H,29,30). The van der Waals surface area contributed by atoms with Gasteiger partial charge in [-0.2, -0.15) is 5.26 Å². The molecule has 1 aromatic carbocycles. The number of anilines is 2. The fourth-order valence-corrected chi connectivity index (χ4v) is 4.99. The summed E-state index contributed by atoms with van der Waals surface area (Å²) in [6.45, 7) is 8.27. The van der Waals surface area contributed by atoms with E-state index >= 15 is 0 Å². The topological polar surface area (TPSA) is 123 Å². The molecule has 1 aromatic rings. The Morgan fingerprint density at radius 3 is 2.67 bits per heavy atom. The molecular formula is C23H32N4O5S. The van der Waals surface area contributed by atoms with Gasteiger partial charge in [0, 0.05) is 37.9 Å². The Hall–Kier alpha value is -2.93. The number of carbonyl (C=O) groups excluding carboxylic acids is 2. The van der Waals surface area contributed by atoms with Gasteiger partial charge in [-0.15, -0.1) is 11.8 Å². The van der Waals surface area contributed by atoms with Crippen LogP contribution in [0.2, 0.25) is 0 Å². The predicted molar refractivity (Wildman–Crippen MR) is 128 cm³/mol. The molecule has 10 heteroatoms. The summed E-state index contributed by atoms with van der Waals surface area (Å²) < 4.78 is 5.40. The van der Waals surface area contributed by atoms with Gasteiger partial charge >= 0.3 is 12.1 Å². The zero-order chi connectivity index (χ0) is 24.8. The van der Waals surface area contributed by atoms with Crippen LogP contribution in [0.25, 0.3) is 0 Å². The maximum absolute atomic E-state index is 12.8. The summed E-state index contributed by atoms with van der Waals surface area (Å²) in [5.74, 6) is -2.33. The Kier molecular flexibility index (Phi) is 8.99. The number of amides is 2. The van der Waals surface area contributed by atoms with Crippen LogP contribution in [0.4, 0.5) is 16.2 Å². The van der Waals surface area contributed by atoms with Crippen molar-refractivity contribution >= 4 is 41.1 Å². The maximum Gasteiger partial charge on any atom is 0.414 e. The van der Waals surface area contributed by atoms with Crippen LogP contribution in [0, 0.1) is 17.2 Å². The van der Waals surface area contributed by atoms with E-state index in [0.29, 0.717) is 25.2 Å². The van der Waals surface area contributed by atoms with Crippen LogP contribution in [0.5, 0.6) is 0 Å². The minimum absolute atomic E-state index is 0.0326. The molecule has 3 unspecified atom stereocenters. The molecular weight excluding hydrogens is 444 g/mol. The number of hydrogen-bond donors (Lipinski definition) is 2. The molecule has 2 rings (SSSR count). The second-order valence-electron chi connectivity index (χ2n) is 8.76. The lowest BCUT2D eigenvalue weighted by Crippen LogP contribution is -2.36. The fraction of sp³-hybridized carbons (Fsp3) is 0.565. The quantitative estimate of drug-likeness (QED) is 0.552. The molecule has 1 heterocycles. The first kappa shape index (κ1) is 26.3. The molecule has 9 nitrogen and oxygen atoms in total. The maximum atomic E-state index is 12.8. The highest BCUT2D eigenvalue weighted by atomic mass is 32.2. The van der Waals surface area contributed by atoms with Gasteiger partial charge in [0.05, 0.1) is 16.7 Å². The highest BCUT2D eigenvalue weighted by Crippen LogP contribution is 2.37. The van der Waals surface area contributed by atoms with Gasteiger partial charge in [-0.1, -0.05) is 6.07 Å². The number of hydrogen-bond acceptors (Lipinski definition) is 7. The Morgan fingerprint density at radius 1 is 1.39 bits per heavy atom. The normalized spacial score (nSPS) is 19.0. The molecule has 180 valence electrons. The van der Waals surface area contributed by atoms with Crippen molar-refractivity contribution in [2.45, 2.75) is 56.8 Å². The van der Waals surface area contributed by atoms with E-state index in [1.54, 1.807) is 18.0 Å². The van der Waals surface area contributed by atoms with E-state index in [0.717, 1.165) is 5.69 Å². The van der Waals surface area contributed by atoms with Gasteiger partial charge < -0.3 is 20.1 Å². The summed E-state index contributed by atoms with van der Waals surface area (Å²) in [4.78, 5) is 39.4. The lowest BCUT2D eigenvalue weighted by atomic mass is 10.1. The molecule has 0 spiro atoms. The van der Waals surface area contributed by atoms with Crippen molar-refractivity contribution in [2.75, 3.05) is 30.4 Å². The summed E-state index contributed by atoms with van der Waals surface area (Å²) in [7, 11) is 1.64. The number of ether oxygens (including phenoxy) is 1. The van der Waals surface area contributed by atoms with Crippen molar-refractivity contribution in [3.05, 3.63) is 24.3 Å². The molecule has 2 amide bonds. The van der Waals surface area contributed by atoms with Crippen LogP contribution < -0.4 is 10.2 Å². The summed E-state index contributed by atoms with van der Waals surface area (Å²) in [6.07, 6.45) is 0.210. The molecule has 0 radical (unpaired) electrons. The number of carboxylic acids is 1. The summed E-state index contributed by atoms with van der Waals surface area (Å²) in [6, 6.07) is 9.15. The van der Waals surface area contributed by atoms with Gasteiger partial charge in [0.15, 0.2) is 0 Å². The molecule has 0 aliphatic carbocycles. The van der Waals surface area contributed by atoms with Crippen LogP contribution in [0.3, 0.4) is 0 Å². The van der Waals surface area contributed by atoms with Gasteiger partial charge in [0.25, 0.3) is 0 Å². The van der Waals surface area contributed by atoms with Crippen molar-refractivity contribution in [2.24, 2.45) is 5.92 Å². The average Bonchev–Trinajstić information content (AvgIpc) is 3.04. The summed E-state index contributed by atoms with van der Waals surface area (Å²) >= 11 is 1.42. The first-order chi connectivity index (χ1) is 15.5. The minimum Gasteiger partial charge on any atom is -0.480 e. The molecule has 1 aliphatic rings. The third kappa shape index (κ3) is 7.29. The number of nitrogens with zero attached hydrogens (tertiary/aromatic N) is 3. The second kappa shape index (κ2) is 11.3. The molecule has 0 bridgehead atoms. The van der Waals surface area contributed by atoms with Crippen molar-refractivity contribution < 1.29 is 24.2 Å². The highest BCUT2D eigenvalue weighted by Gasteiger charge is 2.40. The van der Waals surface area contributed by atoms with Crippen molar-refractivity contribution in [3.8, 4) is 6.07 Å². The third-order valence-electron chi connectivity index (χ3n) is 5.10. The van der Waals surface area contributed by atoms with Gasteiger partial charge in [-0.25, -0.2) is 4.79 Å². The largest absolute Gasteiger partial charge is 0.480 e. The SMILES string of the molecule is CCN1C(=O)C(CCNc2cccc(N(C)C(=O)OC(C)(C)C)c2)SC1CC(C#N)C(=O)O. The van der Waals surface area contributed by atoms with Crippen molar-refractivity contribution in [1.29, 1.82) is 5.26 Å². The van der Waals surface area contributed by atoms with E-state index in [1.165, 1.54) is 16.7 Å². The molecule has 33 heavy (non-hydrogen) atoms. The first-order valence-electron chi connectivity index (χ1n) is 10.9. The monoisotopic (exact) mass is 476 g/mol. The molecule has 0 saturated carbocycles. The van der Waals surface area contributed by atoms with E-state index in [9.17, 15) is 14.4 Å². The van der Waals surface area contributed by atoms with Crippen LogP contribution in [0.15, 0.2) is 24.3 Å². The van der Waals surface area contributed by atoms with Crippen LogP contribution >= 0.6 is 11.8 Å². The van der Waals surface area contributed by atoms with Gasteiger partial charge in [0.2, 0.25) is 5.91 Å². The second-order valence-corrected chi connectivity index (χ2v) is 10.1. The Labute approximate surface area is 199 Å². The van der Waals surface area contributed by atoms with Crippen molar-refractivity contribution in [1.82, 2.24) is 4.90 Å². The van der Waals surface area contributed by atoms with Crippen molar-refractivity contribution in [3.63, 3.8) is 0 Å².